The number of amides is 2. The lowest BCUT2D eigenvalue weighted by molar-refractivity contribution is -0.128. The zero-order chi connectivity index (χ0) is 24.7. The number of rotatable bonds is 7. The first-order valence-electron chi connectivity index (χ1n) is 12.5. The summed E-state index contributed by atoms with van der Waals surface area (Å²) < 4.78 is 6.15. The second kappa shape index (κ2) is 11.4. The van der Waals surface area contributed by atoms with Gasteiger partial charge in [0, 0.05) is 12.1 Å². The molecular weight excluding hydrogens is 440 g/mol. The van der Waals surface area contributed by atoms with Crippen LogP contribution in [0.3, 0.4) is 0 Å². The van der Waals surface area contributed by atoms with Gasteiger partial charge < -0.3 is 20.3 Å². The lowest BCUT2D eigenvalue weighted by atomic mass is 9.80. The zero-order valence-corrected chi connectivity index (χ0v) is 20.4. The highest BCUT2D eigenvalue weighted by Gasteiger charge is 2.40. The molecule has 0 aromatic heterocycles. The van der Waals surface area contributed by atoms with Crippen molar-refractivity contribution in [3.63, 3.8) is 0 Å². The topological polar surface area (TPSA) is 94.5 Å². The fraction of sp³-hybridized carbons (Fsp3) is 0.464. The molecule has 7 heteroatoms. The van der Waals surface area contributed by atoms with E-state index in [1.54, 1.807) is 12.1 Å². The number of hydrogen-bond acceptors (Lipinski definition) is 5. The quantitative estimate of drug-likeness (QED) is 0.594. The molecule has 4 rings (SSSR count). The summed E-state index contributed by atoms with van der Waals surface area (Å²) in [5.41, 5.74) is 1.61. The monoisotopic (exact) mass is 474 g/mol. The molecule has 0 radical (unpaired) electrons. The number of carbonyl (C=O) groups is 2. The van der Waals surface area contributed by atoms with Gasteiger partial charge in [-0.15, -0.1) is 0 Å². The van der Waals surface area contributed by atoms with Crippen molar-refractivity contribution in [2.75, 3.05) is 26.7 Å². The third-order valence-corrected chi connectivity index (χ3v) is 7.04. The summed E-state index contributed by atoms with van der Waals surface area (Å²) in [4.78, 5) is 28.1. The minimum Gasteiger partial charge on any atom is -0.489 e. The molecule has 1 saturated heterocycles. The first kappa shape index (κ1) is 24.7. The molecular formula is C28H34N4O3. The van der Waals surface area contributed by atoms with Gasteiger partial charge in [-0.05, 0) is 74.7 Å². The number of nitrogens with zero attached hydrogens (tertiary/aromatic N) is 2. The average molecular weight is 475 g/mol. The van der Waals surface area contributed by atoms with Gasteiger partial charge in [-0.2, -0.15) is 5.26 Å². The molecule has 0 bridgehead atoms. The molecule has 1 unspecified atom stereocenters. The number of nitrogens with one attached hydrogen (secondary N) is 2. The van der Waals surface area contributed by atoms with Crippen LogP contribution in [-0.4, -0.2) is 55.0 Å². The van der Waals surface area contributed by atoms with Crippen LogP contribution in [-0.2, 0) is 4.79 Å². The van der Waals surface area contributed by atoms with Crippen molar-refractivity contribution in [3.8, 4) is 22.9 Å². The molecule has 35 heavy (non-hydrogen) atoms. The van der Waals surface area contributed by atoms with E-state index in [-0.39, 0.29) is 24.5 Å². The van der Waals surface area contributed by atoms with Crippen LogP contribution in [0, 0.1) is 11.3 Å². The molecule has 1 heterocycles. The highest BCUT2D eigenvalue weighted by molar-refractivity contribution is 5.99. The summed E-state index contributed by atoms with van der Waals surface area (Å²) in [6, 6.07) is 17.4. The van der Waals surface area contributed by atoms with Gasteiger partial charge in [0.1, 0.15) is 23.9 Å². The zero-order valence-electron chi connectivity index (χ0n) is 20.4. The summed E-state index contributed by atoms with van der Waals surface area (Å²) in [6.07, 6.45) is 6.42. The number of nitriles is 1. The summed E-state index contributed by atoms with van der Waals surface area (Å²) in [6.45, 7) is 2.02. The van der Waals surface area contributed by atoms with Gasteiger partial charge >= 0.3 is 0 Å². The number of carbonyl (C=O) groups excluding carboxylic acids is 2. The highest BCUT2D eigenvalue weighted by Crippen LogP contribution is 2.29. The lowest BCUT2D eigenvalue weighted by Crippen LogP contribution is -2.59. The van der Waals surface area contributed by atoms with Crippen LogP contribution in [0.5, 0.6) is 5.75 Å². The average Bonchev–Trinajstić information content (AvgIpc) is 2.88. The smallest absolute Gasteiger partial charge is 0.252 e. The number of hydrogen-bond donors (Lipinski definition) is 2. The highest BCUT2D eigenvalue weighted by atomic mass is 16.5. The summed E-state index contributed by atoms with van der Waals surface area (Å²) in [5, 5.41) is 14.4. The van der Waals surface area contributed by atoms with Gasteiger partial charge in [-0.25, -0.2) is 0 Å². The Labute approximate surface area is 207 Å². The predicted molar refractivity (Wildman–Crippen MR) is 135 cm³/mol. The molecule has 2 fully saturated rings. The van der Waals surface area contributed by atoms with Crippen molar-refractivity contribution in [1.82, 2.24) is 15.5 Å². The Kier molecular flexibility index (Phi) is 8.04. The Bertz CT molecular complexity index is 1050. The number of likely N-dealkylation sites (tertiary alicyclic amines) is 1. The number of likely N-dealkylation sites (N-methyl/N-ethyl adjacent to an activating group) is 1. The molecule has 1 aliphatic carbocycles. The van der Waals surface area contributed by atoms with E-state index in [0.29, 0.717) is 18.4 Å². The van der Waals surface area contributed by atoms with Gasteiger partial charge in [-0.1, -0.05) is 43.5 Å². The van der Waals surface area contributed by atoms with Crippen LogP contribution in [0.15, 0.2) is 48.5 Å². The SMILES string of the molecule is CN1CCCC(Oc2ccc(-c3ccc(C(=O)NC4(C(=O)NCC#N)CCCCC4)cc3)cc2)C1. The van der Waals surface area contributed by atoms with Crippen LogP contribution in [0.1, 0.15) is 55.3 Å². The van der Waals surface area contributed by atoms with Gasteiger partial charge in [0.05, 0.1) is 6.07 Å². The maximum Gasteiger partial charge on any atom is 0.252 e. The van der Waals surface area contributed by atoms with Crippen LogP contribution in [0.2, 0.25) is 0 Å². The Hall–Kier alpha value is -3.37. The summed E-state index contributed by atoms with van der Waals surface area (Å²) in [5.74, 6) is 0.329. The molecule has 1 saturated carbocycles. The van der Waals surface area contributed by atoms with E-state index in [1.807, 2.05) is 42.5 Å². The van der Waals surface area contributed by atoms with E-state index in [9.17, 15) is 9.59 Å². The Balaban J connectivity index is 1.40. The molecule has 2 aromatic carbocycles. The van der Waals surface area contributed by atoms with Crippen molar-refractivity contribution < 1.29 is 14.3 Å². The second-order valence-electron chi connectivity index (χ2n) is 9.68. The minimum absolute atomic E-state index is 0.0628. The molecule has 2 aromatic rings. The summed E-state index contributed by atoms with van der Waals surface area (Å²) >= 11 is 0. The molecule has 7 nitrogen and oxygen atoms in total. The third kappa shape index (κ3) is 6.20. The maximum atomic E-state index is 13.0. The van der Waals surface area contributed by atoms with Crippen molar-refractivity contribution in [2.24, 2.45) is 0 Å². The van der Waals surface area contributed by atoms with E-state index in [4.69, 9.17) is 10.00 Å². The number of ether oxygens (including phenoxy) is 1. The lowest BCUT2D eigenvalue weighted by Gasteiger charge is -2.36. The molecule has 2 amide bonds. The normalized spacial score (nSPS) is 19.8. The Morgan fingerprint density at radius 1 is 1.03 bits per heavy atom. The van der Waals surface area contributed by atoms with Crippen LogP contribution < -0.4 is 15.4 Å². The molecule has 0 spiro atoms. The summed E-state index contributed by atoms with van der Waals surface area (Å²) in [7, 11) is 2.13. The number of benzene rings is 2. The van der Waals surface area contributed by atoms with Crippen LogP contribution in [0.4, 0.5) is 0 Å². The minimum atomic E-state index is -0.951. The molecule has 2 N–H and O–H groups in total. The maximum absolute atomic E-state index is 13.0. The van der Waals surface area contributed by atoms with E-state index in [2.05, 4.69) is 22.6 Å². The van der Waals surface area contributed by atoms with Gasteiger partial charge in [-0.3, -0.25) is 9.59 Å². The second-order valence-corrected chi connectivity index (χ2v) is 9.68. The fourth-order valence-electron chi connectivity index (χ4n) is 5.09. The van der Waals surface area contributed by atoms with Crippen molar-refractivity contribution in [1.29, 1.82) is 5.26 Å². The first-order chi connectivity index (χ1) is 17.0. The number of piperidine rings is 1. The standard InChI is InChI=1S/C28H34N4O3/c1-32-19-5-6-25(20-32)35-24-13-11-22(12-14-24)21-7-9-23(10-8-21)26(33)31-28(15-3-2-4-16-28)27(34)30-18-17-29/h7-14,25H,2-6,15-16,18-20H2,1H3,(H,30,34)(H,31,33). The first-order valence-corrected chi connectivity index (χ1v) is 12.5. The van der Waals surface area contributed by atoms with E-state index in [0.717, 1.165) is 62.1 Å². The Morgan fingerprint density at radius 3 is 2.31 bits per heavy atom. The molecule has 1 aliphatic heterocycles. The molecule has 184 valence electrons. The van der Waals surface area contributed by atoms with Crippen LogP contribution in [0.25, 0.3) is 11.1 Å². The predicted octanol–water partition coefficient (Wildman–Crippen LogP) is 3.90. The van der Waals surface area contributed by atoms with Gasteiger partial charge in [0.15, 0.2) is 0 Å². The van der Waals surface area contributed by atoms with Crippen molar-refractivity contribution in [3.05, 3.63) is 54.1 Å². The molecule has 1 atom stereocenters. The van der Waals surface area contributed by atoms with Crippen molar-refractivity contribution >= 4 is 11.8 Å². The molecule has 2 aliphatic rings. The third-order valence-electron chi connectivity index (χ3n) is 7.04. The largest absolute Gasteiger partial charge is 0.489 e. The van der Waals surface area contributed by atoms with Gasteiger partial charge in [0.25, 0.3) is 5.91 Å². The van der Waals surface area contributed by atoms with Crippen molar-refractivity contribution in [2.45, 2.75) is 56.6 Å². The van der Waals surface area contributed by atoms with Crippen LogP contribution >= 0.6 is 0 Å². The Morgan fingerprint density at radius 2 is 1.69 bits per heavy atom. The van der Waals surface area contributed by atoms with E-state index >= 15 is 0 Å². The van der Waals surface area contributed by atoms with E-state index < -0.39 is 5.54 Å². The van der Waals surface area contributed by atoms with Gasteiger partial charge in [0.2, 0.25) is 5.91 Å². The van der Waals surface area contributed by atoms with E-state index in [1.165, 1.54) is 0 Å². The fourth-order valence-corrected chi connectivity index (χ4v) is 5.09.